The fourth-order valence-corrected chi connectivity index (χ4v) is 3.24. The van der Waals surface area contributed by atoms with E-state index in [2.05, 4.69) is 17.3 Å². The van der Waals surface area contributed by atoms with Crippen molar-refractivity contribution in [3.05, 3.63) is 52.3 Å². The molecule has 3 rings (SSSR count). The minimum absolute atomic E-state index is 0.0427. The first kappa shape index (κ1) is 18.1. The first-order valence-corrected chi connectivity index (χ1v) is 8.89. The van der Waals surface area contributed by atoms with Crippen LogP contribution in [0, 0.1) is 16.0 Å². The summed E-state index contributed by atoms with van der Waals surface area (Å²) in [7, 11) is 0. The summed E-state index contributed by atoms with van der Waals surface area (Å²) >= 11 is 0. The molecule has 0 atom stereocenters. The zero-order chi connectivity index (χ0) is 18.5. The van der Waals surface area contributed by atoms with Crippen molar-refractivity contribution in [1.82, 2.24) is 20.0 Å². The predicted molar refractivity (Wildman–Crippen MR) is 97.4 cm³/mol. The van der Waals surface area contributed by atoms with E-state index in [1.165, 1.54) is 10.7 Å². The van der Waals surface area contributed by atoms with Gasteiger partial charge in [0.05, 0.1) is 4.92 Å². The van der Waals surface area contributed by atoms with Crippen molar-refractivity contribution < 1.29 is 9.72 Å². The van der Waals surface area contributed by atoms with Crippen LogP contribution >= 0.6 is 0 Å². The number of hydrogen-bond acceptors (Lipinski definition) is 5. The van der Waals surface area contributed by atoms with Crippen LogP contribution in [-0.4, -0.2) is 51.7 Å². The number of rotatable bonds is 6. The van der Waals surface area contributed by atoms with E-state index in [-0.39, 0.29) is 11.6 Å². The van der Waals surface area contributed by atoms with Crippen LogP contribution in [0.2, 0.25) is 0 Å². The molecule has 26 heavy (non-hydrogen) atoms. The molecule has 1 saturated heterocycles. The fraction of sp³-hybridized carbons (Fsp3) is 0.444. The average Bonchev–Trinajstić information content (AvgIpc) is 3.16. The lowest BCUT2D eigenvalue weighted by Gasteiger charge is -2.31. The van der Waals surface area contributed by atoms with E-state index in [0.29, 0.717) is 30.4 Å². The maximum absolute atomic E-state index is 12.7. The summed E-state index contributed by atoms with van der Waals surface area (Å²) in [4.78, 5) is 25.2. The molecule has 1 amide bonds. The number of para-hydroxylation sites is 2. The molecule has 1 aromatic heterocycles. The van der Waals surface area contributed by atoms with Gasteiger partial charge in [-0.05, 0) is 44.0 Å². The number of piperidine rings is 1. The molecule has 0 aliphatic carbocycles. The quantitative estimate of drug-likeness (QED) is 0.632. The lowest BCUT2D eigenvalue weighted by Crippen LogP contribution is -2.41. The number of carbonyl (C=O) groups is 1. The van der Waals surface area contributed by atoms with Crippen LogP contribution in [0.3, 0.4) is 0 Å². The predicted octanol–water partition coefficient (Wildman–Crippen LogP) is 2.24. The molecule has 0 radical (unpaired) electrons. The van der Waals surface area contributed by atoms with Crippen LogP contribution < -0.4 is 5.32 Å². The van der Waals surface area contributed by atoms with Crippen LogP contribution in [0.4, 0.5) is 5.69 Å². The van der Waals surface area contributed by atoms with Crippen molar-refractivity contribution in [3.63, 3.8) is 0 Å². The summed E-state index contributed by atoms with van der Waals surface area (Å²) < 4.78 is 1.39. The Labute approximate surface area is 151 Å². The minimum atomic E-state index is -0.451. The second-order valence-corrected chi connectivity index (χ2v) is 6.43. The maximum Gasteiger partial charge on any atom is 0.294 e. The van der Waals surface area contributed by atoms with E-state index >= 15 is 0 Å². The fourth-order valence-electron chi connectivity index (χ4n) is 3.24. The van der Waals surface area contributed by atoms with Gasteiger partial charge in [-0.25, -0.2) is 4.68 Å². The highest BCUT2D eigenvalue weighted by Crippen LogP contribution is 2.22. The molecule has 0 unspecified atom stereocenters. The Balaban J connectivity index is 1.69. The molecule has 1 fully saturated rings. The van der Waals surface area contributed by atoms with Crippen molar-refractivity contribution in [2.45, 2.75) is 19.8 Å². The van der Waals surface area contributed by atoms with Gasteiger partial charge in [-0.2, -0.15) is 5.10 Å². The molecule has 1 N–H and O–H groups in total. The zero-order valence-corrected chi connectivity index (χ0v) is 14.8. The Hall–Kier alpha value is -2.74. The molecule has 0 bridgehead atoms. The van der Waals surface area contributed by atoms with E-state index in [1.54, 1.807) is 30.5 Å². The number of nitrogens with one attached hydrogen (secondary N) is 1. The van der Waals surface area contributed by atoms with Crippen molar-refractivity contribution in [2.24, 2.45) is 5.92 Å². The normalized spacial score (nSPS) is 15.2. The number of nitro groups is 1. The van der Waals surface area contributed by atoms with Crippen LogP contribution in [0.1, 0.15) is 30.3 Å². The van der Waals surface area contributed by atoms with Gasteiger partial charge in [0.2, 0.25) is 0 Å². The highest BCUT2D eigenvalue weighted by Gasteiger charge is 2.25. The van der Waals surface area contributed by atoms with Crippen molar-refractivity contribution in [1.29, 1.82) is 0 Å². The Morgan fingerprint density at radius 3 is 2.73 bits per heavy atom. The van der Waals surface area contributed by atoms with Crippen LogP contribution in [-0.2, 0) is 0 Å². The Kier molecular flexibility index (Phi) is 5.62. The Bertz CT molecular complexity index is 781. The Morgan fingerprint density at radius 1 is 1.31 bits per heavy atom. The second kappa shape index (κ2) is 8.09. The van der Waals surface area contributed by atoms with E-state index in [1.807, 2.05) is 4.90 Å². The number of nitro benzene ring substituents is 1. The summed E-state index contributed by atoms with van der Waals surface area (Å²) in [5.74, 6) is 0.479. The van der Waals surface area contributed by atoms with Gasteiger partial charge in [-0.3, -0.25) is 14.9 Å². The molecule has 8 nitrogen and oxygen atoms in total. The summed E-state index contributed by atoms with van der Waals surface area (Å²) in [6.07, 6.45) is 3.54. The third-order valence-corrected chi connectivity index (χ3v) is 4.72. The average molecular weight is 357 g/mol. The van der Waals surface area contributed by atoms with Crippen LogP contribution in [0.15, 0.2) is 36.5 Å². The molecule has 2 aromatic rings. The molecule has 8 heteroatoms. The molecule has 1 aliphatic rings. The third-order valence-electron chi connectivity index (χ3n) is 4.72. The molecular weight excluding hydrogens is 334 g/mol. The van der Waals surface area contributed by atoms with E-state index in [0.717, 1.165) is 25.9 Å². The summed E-state index contributed by atoms with van der Waals surface area (Å²) in [6.45, 7) is 5.47. The molecule has 138 valence electrons. The zero-order valence-electron chi connectivity index (χ0n) is 14.8. The van der Waals surface area contributed by atoms with Gasteiger partial charge in [-0.1, -0.05) is 19.1 Å². The largest absolute Gasteiger partial charge is 0.337 e. The van der Waals surface area contributed by atoms with Gasteiger partial charge in [0.1, 0.15) is 5.69 Å². The van der Waals surface area contributed by atoms with E-state index in [4.69, 9.17) is 0 Å². The topological polar surface area (TPSA) is 93.3 Å². The molecule has 0 spiro atoms. The smallest absolute Gasteiger partial charge is 0.294 e. The highest BCUT2D eigenvalue weighted by molar-refractivity contribution is 5.92. The number of likely N-dealkylation sites (tertiary alicyclic amines) is 1. The second-order valence-electron chi connectivity index (χ2n) is 6.43. The number of benzene rings is 1. The van der Waals surface area contributed by atoms with Gasteiger partial charge >= 0.3 is 0 Å². The molecule has 2 heterocycles. The highest BCUT2D eigenvalue weighted by atomic mass is 16.6. The van der Waals surface area contributed by atoms with Gasteiger partial charge < -0.3 is 10.2 Å². The van der Waals surface area contributed by atoms with Gasteiger partial charge in [-0.15, -0.1) is 0 Å². The van der Waals surface area contributed by atoms with Crippen molar-refractivity contribution >= 4 is 11.6 Å². The minimum Gasteiger partial charge on any atom is -0.337 e. The van der Waals surface area contributed by atoms with Crippen LogP contribution in [0.25, 0.3) is 5.69 Å². The van der Waals surface area contributed by atoms with Gasteiger partial charge in [0, 0.05) is 25.4 Å². The van der Waals surface area contributed by atoms with Crippen molar-refractivity contribution in [3.8, 4) is 5.69 Å². The van der Waals surface area contributed by atoms with Crippen LogP contribution in [0.5, 0.6) is 0 Å². The third kappa shape index (κ3) is 3.91. The number of aromatic nitrogens is 2. The van der Waals surface area contributed by atoms with E-state index in [9.17, 15) is 14.9 Å². The molecule has 1 aromatic carbocycles. The first-order valence-electron chi connectivity index (χ1n) is 8.89. The number of hydrogen-bond donors (Lipinski definition) is 1. The summed E-state index contributed by atoms with van der Waals surface area (Å²) in [5, 5.41) is 18.8. The SMILES string of the molecule is CCNCC1CCN(C(=O)c2ccn(-c3ccccc3[N+](=O)[O-])n2)CC1. The summed E-state index contributed by atoms with van der Waals surface area (Å²) in [5.41, 5.74) is 0.619. The lowest BCUT2D eigenvalue weighted by atomic mass is 9.96. The maximum atomic E-state index is 12.7. The number of nitrogens with zero attached hydrogens (tertiary/aromatic N) is 4. The molecule has 1 aliphatic heterocycles. The lowest BCUT2D eigenvalue weighted by molar-refractivity contribution is -0.384. The van der Waals surface area contributed by atoms with E-state index < -0.39 is 4.92 Å². The molecule has 0 saturated carbocycles. The number of carbonyl (C=O) groups excluding carboxylic acids is 1. The van der Waals surface area contributed by atoms with Gasteiger partial charge in [0.25, 0.3) is 11.6 Å². The first-order chi connectivity index (χ1) is 12.6. The Morgan fingerprint density at radius 2 is 2.04 bits per heavy atom. The standard InChI is InChI=1S/C18H23N5O3/c1-2-19-13-14-7-10-21(11-8-14)18(24)15-9-12-22(20-15)16-5-3-4-6-17(16)23(25)26/h3-6,9,12,14,19H,2,7-8,10-11,13H2,1H3. The molecular formula is C18H23N5O3. The summed E-state index contributed by atoms with van der Waals surface area (Å²) in [6, 6.07) is 7.97. The monoisotopic (exact) mass is 357 g/mol. The van der Waals surface area contributed by atoms with Crippen molar-refractivity contribution in [2.75, 3.05) is 26.2 Å². The van der Waals surface area contributed by atoms with Gasteiger partial charge in [0.15, 0.2) is 5.69 Å². The number of amides is 1.